The van der Waals surface area contributed by atoms with E-state index in [0.717, 1.165) is 10.9 Å². The Morgan fingerprint density at radius 2 is 1.74 bits per heavy atom. The summed E-state index contributed by atoms with van der Waals surface area (Å²) in [4.78, 5) is 63.0. The Balaban J connectivity index is 2.13. The highest BCUT2D eigenvalue weighted by Crippen LogP contribution is 2.19. The van der Waals surface area contributed by atoms with Crippen LogP contribution in [0.15, 0.2) is 30.5 Å². The number of carboxylic acids is 2. The molecular weight excluding hydrogens is 458 g/mol. The van der Waals surface area contributed by atoms with Gasteiger partial charge in [0.25, 0.3) is 0 Å². The van der Waals surface area contributed by atoms with Crippen molar-refractivity contribution in [2.45, 2.75) is 51.2 Å². The molecule has 35 heavy (non-hydrogen) atoms. The van der Waals surface area contributed by atoms with Gasteiger partial charge >= 0.3 is 11.9 Å². The second-order valence-electron chi connectivity index (χ2n) is 8.32. The number of nitrogens with two attached hydrogens (primary N) is 1. The van der Waals surface area contributed by atoms with Crippen molar-refractivity contribution in [3.05, 3.63) is 36.0 Å². The maximum Gasteiger partial charge on any atom is 0.326 e. The third-order valence-corrected chi connectivity index (χ3v) is 5.68. The maximum atomic E-state index is 12.9. The van der Waals surface area contributed by atoms with E-state index in [9.17, 15) is 29.1 Å². The first-order chi connectivity index (χ1) is 16.5. The summed E-state index contributed by atoms with van der Waals surface area (Å²) < 4.78 is 0. The Hall–Kier alpha value is -3.93. The minimum atomic E-state index is -1.37. The summed E-state index contributed by atoms with van der Waals surface area (Å²) in [5.41, 5.74) is 7.15. The number of hydrogen-bond donors (Lipinski definition) is 7. The number of aliphatic carboxylic acids is 2. The van der Waals surface area contributed by atoms with Gasteiger partial charge in [0.15, 0.2) is 0 Å². The second-order valence-corrected chi connectivity index (χ2v) is 8.32. The Morgan fingerprint density at radius 3 is 2.37 bits per heavy atom. The molecule has 12 nitrogen and oxygen atoms in total. The van der Waals surface area contributed by atoms with E-state index in [0.29, 0.717) is 12.0 Å². The molecular formula is C23H31N5O7. The molecule has 3 amide bonds. The summed E-state index contributed by atoms with van der Waals surface area (Å²) >= 11 is 0. The Kier molecular flexibility index (Phi) is 9.76. The third kappa shape index (κ3) is 7.81. The van der Waals surface area contributed by atoms with Gasteiger partial charge < -0.3 is 36.9 Å². The van der Waals surface area contributed by atoms with Gasteiger partial charge in [0.2, 0.25) is 17.7 Å². The fourth-order valence-corrected chi connectivity index (χ4v) is 3.49. The molecule has 190 valence electrons. The van der Waals surface area contributed by atoms with E-state index >= 15 is 0 Å². The number of carbonyl (C=O) groups is 5. The number of carboxylic acid groups (broad SMARTS) is 2. The molecule has 2 rings (SSSR count). The Labute approximate surface area is 201 Å². The summed E-state index contributed by atoms with van der Waals surface area (Å²) in [6.07, 6.45) is 1.62. The molecule has 0 aliphatic rings. The topological polar surface area (TPSA) is 204 Å². The van der Waals surface area contributed by atoms with Crippen LogP contribution in [-0.2, 0) is 30.4 Å². The molecule has 0 aliphatic carbocycles. The minimum absolute atomic E-state index is 0.0353. The van der Waals surface area contributed by atoms with Crippen molar-refractivity contribution < 1.29 is 34.2 Å². The number of carbonyl (C=O) groups excluding carboxylic acids is 3. The first-order valence-electron chi connectivity index (χ1n) is 11.2. The number of rotatable bonds is 13. The van der Waals surface area contributed by atoms with Crippen molar-refractivity contribution >= 4 is 40.6 Å². The van der Waals surface area contributed by atoms with Crippen LogP contribution in [0.4, 0.5) is 0 Å². The fraction of sp³-hybridized carbons (Fsp3) is 0.435. The number of nitrogens with one attached hydrogen (secondary N) is 4. The normalized spacial score (nSPS) is 14.4. The van der Waals surface area contributed by atoms with Crippen LogP contribution in [0.2, 0.25) is 0 Å². The third-order valence-electron chi connectivity index (χ3n) is 5.68. The molecule has 1 aromatic heterocycles. The van der Waals surface area contributed by atoms with E-state index in [1.807, 2.05) is 24.3 Å². The van der Waals surface area contributed by atoms with Crippen LogP contribution < -0.4 is 21.7 Å². The van der Waals surface area contributed by atoms with E-state index in [4.69, 9.17) is 10.8 Å². The molecule has 12 heteroatoms. The molecule has 4 atom stereocenters. The zero-order chi connectivity index (χ0) is 26.1. The van der Waals surface area contributed by atoms with Crippen molar-refractivity contribution in [2.75, 3.05) is 6.54 Å². The molecule has 0 radical (unpaired) electrons. The van der Waals surface area contributed by atoms with Crippen molar-refractivity contribution in [2.24, 2.45) is 11.7 Å². The summed E-state index contributed by atoms with van der Waals surface area (Å²) in [6, 6.07) is 3.68. The minimum Gasteiger partial charge on any atom is -0.481 e. The average Bonchev–Trinajstić information content (AvgIpc) is 3.22. The number of hydrogen-bond acceptors (Lipinski definition) is 6. The van der Waals surface area contributed by atoms with Crippen molar-refractivity contribution in [3.63, 3.8) is 0 Å². The summed E-state index contributed by atoms with van der Waals surface area (Å²) in [5, 5.41) is 26.3. The van der Waals surface area contributed by atoms with Gasteiger partial charge in [-0.3, -0.25) is 19.2 Å². The summed E-state index contributed by atoms with van der Waals surface area (Å²) in [5.74, 6) is -5.02. The van der Waals surface area contributed by atoms with E-state index in [-0.39, 0.29) is 12.3 Å². The van der Waals surface area contributed by atoms with Crippen LogP contribution in [0.25, 0.3) is 10.9 Å². The molecule has 8 N–H and O–H groups in total. The van der Waals surface area contributed by atoms with Crippen LogP contribution >= 0.6 is 0 Å². The largest absolute Gasteiger partial charge is 0.481 e. The number of para-hydroxylation sites is 1. The number of aromatic nitrogens is 1. The lowest BCUT2D eigenvalue weighted by Crippen LogP contribution is -2.54. The number of aromatic amines is 1. The van der Waals surface area contributed by atoms with E-state index in [1.165, 1.54) is 0 Å². The van der Waals surface area contributed by atoms with Gasteiger partial charge in [-0.25, -0.2) is 4.79 Å². The highest BCUT2D eigenvalue weighted by atomic mass is 16.4. The van der Waals surface area contributed by atoms with Crippen LogP contribution in [0, 0.1) is 5.92 Å². The van der Waals surface area contributed by atoms with Gasteiger partial charge in [0, 0.05) is 23.5 Å². The lowest BCUT2D eigenvalue weighted by atomic mass is 9.99. The maximum absolute atomic E-state index is 12.9. The zero-order valence-corrected chi connectivity index (χ0v) is 19.5. The smallest absolute Gasteiger partial charge is 0.326 e. The van der Waals surface area contributed by atoms with Gasteiger partial charge in [-0.1, -0.05) is 38.5 Å². The number of amides is 3. The average molecular weight is 490 g/mol. The van der Waals surface area contributed by atoms with Crippen molar-refractivity contribution in [3.8, 4) is 0 Å². The highest BCUT2D eigenvalue weighted by molar-refractivity contribution is 5.94. The quantitative estimate of drug-likeness (QED) is 0.199. The van der Waals surface area contributed by atoms with Gasteiger partial charge in [0.1, 0.15) is 12.1 Å². The Bertz CT molecular complexity index is 1080. The van der Waals surface area contributed by atoms with E-state index < -0.39 is 60.8 Å². The summed E-state index contributed by atoms with van der Waals surface area (Å²) in [7, 11) is 0. The Morgan fingerprint density at radius 1 is 1.06 bits per heavy atom. The van der Waals surface area contributed by atoms with Crippen LogP contribution in [-0.4, -0.2) is 69.5 Å². The van der Waals surface area contributed by atoms with E-state index in [1.54, 1.807) is 20.0 Å². The summed E-state index contributed by atoms with van der Waals surface area (Å²) in [6.45, 7) is 2.97. The molecule has 0 aliphatic heterocycles. The zero-order valence-electron chi connectivity index (χ0n) is 19.5. The second kappa shape index (κ2) is 12.5. The first kappa shape index (κ1) is 27.3. The predicted molar refractivity (Wildman–Crippen MR) is 126 cm³/mol. The van der Waals surface area contributed by atoms with E-state index in [2.05, 4.69) is 20.9 Å². The SMILES string of the molecule is CCC(C)C(NC(=O)CNC(=O)C(Cc1c[nH]c2ccccc12)NC(=O)C(N)CC(=O)O)C(=O)O. The van der Waals surface area contributed by atoms with Crippen LogP contribution in [0.5, 0.6) is 0 Å². The molecule has 0 saturated heterocycles. The van der Waals surface area contributed by atoms with Crippen molar-refractivity contribution in [1.29, 1.82) is 0 Å². The van der Waals surface area contributed by atoms with Gasteiger partial charge in [-0.2, -0.15) is 0 Å². The lowest BCUT2D eigenvalue weighted by molar-refractivity contribution is -0.143. The van der Waals surface area contributed by atoms with Crippen LogP contribution in [0.3, 0.4) is 0 Å². The standard InChI is InChI=1S/C23H31N5O7/c1-3-12(2)20(23(34)35)28-18(29)11-26-22(33)17(27-21(32)15(24)9-19(30)31)8-13-10-25-16-7-5-4-6-14(13)16/h4-7,10,12,15,17,20,25H,3,8-9,11,24H2,1-2H3,(H,26,33)(H,27,32)(H,28,29)(H,30,31)(H,34,35). The highest BCUT2D eigenvalue weighted by Gasteiger charge is 2.28. The molecule has 0 fully saturated rings. The molecule has 0 spiro atoms. The van der Waals surface area contributed by atoms with Gasteiger partial charge in [-0.15, -0.1) is 0 Å². The van der Waals surface area contributed by atoms with Gasteiger partial charge in [0.05, 0.1) is 19.0 Å². The number of H-pyrrole nitrogens is 1. The monoisotopic (exact) mass is 489 g/mol. The fourth-order valence-electron chi connectivity index (χ4n) is 3.49. The number of benzene rings is 1. The molecule has 1 aromatic carbocycles. The van der Waals surface area contributed by atoms with Crippen molar-refractivity contribution in [1.82, 2.24) is 20.9 Å². The molecule has 4 unspecified atom stereocenters. The first-order valence-corrected chi connectivity index (χ1v) is 11.2. The molecule has 1 heterocycles. The lowest BCUT2D eigenvalue weighted by Gasteiger charge is -2.22. The number of fused-ring (bicyclic) bond motifs is 1. The van der Waals surface area contributed by atoms with Gasteiger partial charge in [-0.05, 0) is 17.5 Å². The molecule has 0 bridgehead atoms. The molecule has 0 saturated carbocycles. The molecule has 2 aromatic rings. The van der Waals surface area contributed by atoms with Crippen LogP contribution in [0.1, 0.15) is 32.3 Å². The predicted octanol–water partition coefficient (Wildman–Crippen LogP) is -0.271.